The Kier molecular flexibility index (Phi) is 2.99. The maximum Gasteiger partial charge on any atom is 0.146 e. The zero-order valence-electron chi connectivity index (χ0n) is 10.8. The summed E-state index contributed by atoms with van der Waals surface area (Å²) in [5, 5.41) is 9.47. The normalized spacial score (nSPS) is 15.4. The van der Waals surface area contributed by atoms with Crippen LogP contribution >= 0.6 is 0 Å². The molecule has 0 bridgehead atoms. The first kappa shape index (κ1) is 12.2. The molecule has 2 aromatic rings. The van der Waals surface area contributed by atoms with Gasteiger partial charge in [-0.3, -0.25) is 0 Å². The number of rotatable bonds is 2. The second-order valence-electron chi connectivity index (χ2n) is 5.01. The second-order valence-corrected chi connectivity index (χ2v) is 5.01. The highest BCUT2D eigenvalue weighted by Gasteiger charge is 2.21. The number of anilines is 1. The minimum absolute atomic E-state index is 0.272. The summed E-state index contributed by atoms with van der Waals surface area (Å²) in [5.74, 6) is -0.272. The molecule has 19 heavy (non-hydrogen) atoms. The number of benzene rings is 2. The molecule has 1 aliphatic rings. The molecule has 0 saturated heterocycles. The van der Waals surface area contributed by atoms with Crippen molar-refractivity contribution in [3.8, 4) is 0 Å². The molecule has 0 radical (unpaired) electrons. The lowest BCUT2D eigenvalue weighted by molar-refractivity contribution is 0.199. The van der Waals surface area contributed by atoms with Crippen molar-refractivity contribution in [2.24, 2.45) is 0 Å². The summed E-state index contributed by atoms with van der Waals surface area (Å²) in [6, 6.07) is 13.1. The number of hydrogen-bond donors (Lipinski definition) is 1. The fraction of sp³-hybridized carbons (Fsp3) is 0.250. The van der Waals surface area contributed by atoms with E-state index in [-0.39, 0.29) is 5.82 Å². The molecule has 0 amide bonds. The van der Waals surface area contributed by atoms with E-state index in [2.05, 4.69) is 12.1 Å². The monoisotopic (exact) mass is 257 g/mol. The van der Waals surface area contributed by atoms with E-state index >= 15 is 0 Å². The molecular weight excluding hydrogens is 241 g/mol. The van der Waals surface area contributed by atoms with E-state index < -0.39 is 6.10 Å². The van der Waals surface area contributed by atoms with Crippen LogP contribution in [0.3, 0.4) is 0 Å². The second kappa shape index (κ2) is 4.67. The summed E-state index contributed by atoms with van der Waals surface area (Å²) >= 11 is 0. The maximum absolute atomic E-state index is 14.1. The molecule has 0 fully saturated rings. The van der Waals surface area contributed by atoms with Gasteiger partial charge in [-0.2, -0.15) is 0 Å². The van der Waals surface area contributed by atoms with Crippen LogP contribution in [-0.2, 0) is 13.1 Å². The number of aliphatic hydroxyl groups excluding tert-OH is 1. The SMILES string of the molecule is C[C@H](O)c1ccc(N2Cc3ccccc3C2)c(F)c1. The van der Waals surface area contributed by atoms with Crippen LogP contribution in [0.4, 0.5) is 10.1 Å². The lowest BCUT2D eigenvalue weighted by Gasteiger charge is -2.19. The molecule has 0 saturated carbocycles. The lowest BCUT2D eigenvalue weighted by Crippen LogP contribution is -2.16. The summed E-state index contributed by atoms with van der Waals surface area (Å²) in [6.07, 6.45) is -0.640. The van der Waals surface area contributed by atoms with E-state index in [0.717, 1.165) is 13.1 Å². The Balaban J connectivity index is 1.89. The van der Waals surface area contributed by atoms with Crippen LogP contribution in [0.1, 0.15) is 29.7 Å². The molecular formula is C16H16FNO. The Morgan fingerprint density at radius 1 is 1.11 bits per heavy atom. The Morgan fingerprint density at radius 2 is 1.74 bits per heavy atom. The van der Waals surface area contributed by atoms with Crippen LogP contribution in [0.25, 0.3) is 0 Å². The van der Waals surface area contributed by atoms with E-state index in [1.807, 2.05) is 17.0 Å². The molecule has 0 aliphatic carbocycles. The first-order chi connectivity index (χ1) is 9.15. The third kappa shape index (κ3) is 2.22. The Bertz CT molecular complexity index is 584. The number of nitrogens with zero attached hydrogens (tertiary/aromatic N) is 1. The zero-order valence-corrected chi connectivity index (χ0v) is 10.8. The van der Waals surface area contributed by atoms with Crippen LogP contribution in [0.2, 0.25) is 0 Å². The van der Waals surface area contributed by atoms with E-state index in [1.165, 1.54) is 17.2 Å². The molecule has 1 heterocycles. The van der Waals surface area contributed by atoms with Crippen LogP contribution in [0.15, 0.2) is 42.5 Å². The van der Waals surface area contributed by atoms with E-state index in [0.29, 0.717) is 11.3 Å². The standard InChI is InChI=1S/C16H16FNO/c1-11(19)12-6-7-16(15(17)8-12)18-9-13-4-2-3-5-14(13)10-18/h2-8,11,19H,9-10H2,1H3/t11-/m0/s1. The third-order valence-electron chi connectivity index (χ3n) is 3.64. The van der Waals surface area contributed by atoms with Gasteiger partial charge in [-0.1, -0.05) is 30.3 Å². The van der Waals surface area contributed by atoms with Crippen molar-refractivity contribution in [3.05, 3.63) is 65.0 Å². The molecule has 1 aliphatic heterocycles. The van der Waals surface area contributed by atoms with E-state index in [4.69, 9.17) is 0 Å². The number of aliphatic hydroxyl groups is 1. The van der Waals surface area contributed by atoms with Crippen LogP contribution in [0, 0.1) is 5.82 Å². The van der Waals surface area contributed by atoms with E-state index in [9.17, 15) is 9.50 Å². The molecule has 0 spiro atoms. The van der Waals surface area contributed by atoms with Gasteiger partial charge in [0, 0.05) is 13.1 Å². The van der Waals surface area contributed by atoms with Gasteiger partial charge in [0.1, 0.15) is 5.82 Å². The summed E-state index contributed by atoms with van der Waals surface area (Å²) < 4.78 is 14.1. The molecule has 0 unspecified atom stereocenters. The van der Waals surface area contributed by atoms with E-state index in [1.54, 1.807) is 19.1 Å². The van der Waals surface area contributed by atoms with Crippen molar-refractivity contribution in [1.29, 1.82) is 0 Å². The zero-order chi connectivity index (χ0) is 13.4. The lowest BCUT2D eigenvalue weighted by atomic mass is 10.1. The van der Waals surface area contributed by atoms with Crippen LogP contribution in [0.5, 0.6) is 0 Å². The Labute approximate surface area is 112 Å². The van der Waals surface area contributed by atoms with Crippen LogP contribution in [-0.4, -0.2) is 5.11 Å². The summed E-state index contributed by atoms with van der Waals surface area (Å²) in [6.45, 7) is 3.11. The number of hydrogen-bond acceptors (Lipinski definition) is 2. The highest BCUT2D eigenvalue weighted by molar-refractivity contribution is 5.53. The fourth-order valence-corrected chi connectivity index (χ4v) is 2.54. The van der Waals surface area contributed by atoms with Crippen molar-refractivity contribution in [1.82, 2.24) is 0 Å². The molecule has 98 valence electrons. The van der Waals surface area contributed by atoms with Gasteiger partial charge in [0.15, 0.2) is 0 Å². The maximum atomic E-state index is 14.1. The Morgan fingerprint density at radius 3 is 2.26 bits per heavy atom. The highest BCUT2D eigenvalue weighted by atomic mass is 19.1. The van der Waals surface area contributed by atoms with Gasteiger partial charge in [0.05, 0.1) is 11.8 Å². The van der Waals surface area contributed by atoms with Crippen molar-refractivity contribution in [3.63, 3.8) is 0 Å². The van der Waals surface area contributed by atoms with Crippen LogP contribution < -0.4 is 4.90 Å². The minimum Gasteiger partial charge on any atom is -0.389 e. The fourth-order valence-electron chi connectivity index (χ4n) is 2.54. The first-order valence-electron chi connectivity index (χ1n) is 6.44. The predicted octanol–water partition coefficient (Wildman–Crippen LogP) is 3.40. The average molecular weight is 257 g/mol. The summed E-state index contributed by atoms with van der Waals surface area (Å²) in [7, 11) is 0. The predicted molar refractivity (Wildman–Crippen MR) is 73.4 cm³/mol. The minimum atomic E-state index is -0.640. The number of halogens is 1. The number of fused-ring (bicyclic) bond motifs is 1. The summed E-state index contributed by atoms with van der Waals surface area (Å²) in [4.78, 5) is 2.02. The quantitative estimate of drug-likeness (QED) is 0.891. The third-order valence-corrected chi connectivity index (χ3v) is 3.64. The molecule has 2 nitrogen and oxygen atoms in total. The smallest absolute Gasteiger partial charge is 0.146 e. The highest BCUT2D eigenvalue weighted by Crippen LogP contribution is 2.31. The average Bonchev–Trinajstić information content (AvgIpc) is 2.81. The molecule has 1 N–H and O–H groups in total. The van der Waals surface area contributed by atoms with Crippen molar-refractivity contribution < 1.29 is 9.50 Å². The van der Waals surface area contributed by atoms with Gasteiger partial charge in [-0.25, -0.2) is 4.39 Å². The van der Waals surface area contributed by atoms with Gasteiger partial charge in [-0.15, -0.1) is 0 Å². The molecule has 2 aromatic carbocycles. The first-order valence-corrected chi connectivity index (χ1v) is 6.44. The van der Waals surface area contributed by atoms with Crippen molar-refractivity contribution in [2.75, 3.05) is 4.90 Å². The molecule has 3 heteroatoms. The molecule has 3 rings (SSSR count). The topological polar surface area (TPSA) is 23.5 Å². The van der Waals surface area contributed by atoms with Gasteiger partial charge in [0.25, 0.3) is 0 Å². The Hall–Kier alpha value is -1.87. The van der Waals surface area contributed by atoms with Gasteiger partial charge < -0.3 is 10.0 Å². The largest absolute Gasteiger partial charge is 0.389 e. The molecule has 1 atom stereocenters. The van der Waals surface area contributed by atoms with Crippen molar-refractivity contribution >= 4 is 5.69 Å². The molecule has 0 aromatic heterocycles. The van der Waals surface area contributed by atoms with Gasteiger partial charge in [-0.05, 0) is 35.7 Å². The van der Waals surface area contributed by atoms with Crippen molar-refractivity contribution in [2.45, 2.75) is 26.1 Å². The van der Waals surface area contributed by atoms with Gasteiger partial charge in [0.2, 0.25) is 0 Å². The summed E-state index contributed by atoms with van der Waals surface area (Å²) in [5.41, 5.74) is 3.71. The van der Waals surface area contributed by atoms with Gasteiger partial charge >= 0.3 is 0 Å².